The number of nitro groups is 1. The largest absolute Gasteiger partial charge is 0.452 e. The van der Waals surface area contributed by atoms with Crippen molar-refractivity contribution in [2.45, 2.75) is 0 Å². The molecule has 134 valence electrons. The van der Waals surface area contributed by atoms with Gasteiger partial charge in [-0.05, 0) is 23.6 Å². The lowest BCUT2D eigenvalue weighted by molar-refractivity contribution is -0.385. The normalized spacial score (nSPS) is 10.5. The van der Waals surface area contributed by atoms with Gasteiger partial charge in [0, 0.05) is 12.1 Å². The van der Waals surface area contributed by atoms with Gasteiger partial charge in [0.25, 0.3) is 17.5 Å². The monoisotopic (exact) mass is 375 g/mol. The maximum atomic E-state index is 11.8. The molecule has 0 fully saturated rings. The standard InChI is InChI=1S/C16H13N3O6S/c17-15(22)11-7-8-26-16(11)18-13(20)9-25-14(21)6-5-10-3-1-2-4-12(10)19(23)24/h1-8H,9H2,(H2,17,22)(H,18,20)/b6-5+. The number of nitrogens with zero attached hydrogens (tertiary/aromatic N) is 1. The van der Waals surface area contributed by atoms with Gasteiger partial charge in [0.15, 0.2) is 6.61 Å². The molecule has 10 heteroatoms. The van der Waals surface area contributed by atoms with E-state index >= 15 is 0 Å². The number of ether oxygens (including phenoxy) is 1. The number of anilines is 1. The minimum Gasteiger partial charge on any atom is -0.452 e. The second kappa shape index (κ2) is 8.53. The molecule has 0 saturated heterocycles. The number of nitrogens with one attached hydrogen (secondary N) is 1. The van der Waals surface area contributed by atoms with E-state index in [4.69, 9.17) is 10.5 Å². The smallest absolute Gasteiger partial charge is 0.331 e. The third kappa shape index (κ3) is 4.98. The van der Waals surface area contributed by atoms with Crippen molar-refractivity contribution in [3.63, 3.8) is 0 Å². The molecule has 0 aliphatic rings. The van der Waals surface area contributed by atoms with Crippen LogP contribution in [0.25, 0.3) is 6.08 Å². The van der Waals surface area contributed by atoms with Crippen molar-refractivity contribution in [2.75, 3.05) is 11.9 Å². The number of nitrogens with two attached hydrogens (primary N) is 1. The highest BCUT2D eigenvalue weighted by Crippen LogP contribution is 2.22. The fraction of sp³-hybridized carbons (Fsp3) is 0.0625. The summed E-state index contributed by atoms with van der Waals surface area (Å²) in [7, 11) is 0. The fourth-order valence-electron chi connectivity index (χ4n) is 1.90. The number of hydrogen-bond donors (Lipinski definition) is 2. The molecule has 2 amide bonds. The molecule has 2 rings (SSSR count). The summed E-state index contributed by atoms with van der Waals surface area (Å²) >= 11 is 1.10. The van der Waals surface area contributed by atoms with Crippen molar-refractivity contribution >= 4 is 45.9 Å². The molecule has 0 spiro atoms. The van der Waals surface area contributed by atoms with Crippen molar-refractivity contribution in [3.05, 3.63) is 63.0 Å². The Balaban J connectivity index is 1.90. The molecule has 3 N–H and O–H groups in total. The van der Waals surface area contributed by atoms with Gasteiger partial charge in [0.1, 0.15) is 5.00 Å². The second-order valence-corrected chi connectivity index (χ2v) is 5.75. The lowest BCUT2D eigenvalue weighted by Crippen LogP contribution is -2.21. The topological polar surface area (TPSA) is 142 Å². The third-order valence-electron chi connectivity index (χ3n) is 3.06. The minimum atomic E-state index is -0.848. The number of nitro benzene ring substituents is 1. The molecule has 1 aromatic carbocycles. The van der Waals surface area contributed by atoms with Gasteiger partial charge in [0.05, 0.1) is 16.1 Å². The lowest BCUT2D eigenvalue weighted by Gasteiger charge is -2.04. The van der Waals surface area contributed by atoms with Crippen LogP contribution in [-0.4, -0.2) is 29.3 Å². The third-order valence-corrected chi connectivity index (χ3v) is 3.89. The van der Waals surface area contributed by atoms with Gasteiger partial charge in [0.2, 0.25) is 0 Å². The number of amides is 2. The van der Waals surface area contributed by atoms with Crippen LogP contribution in [0, 0.1) is 10.1 Å². The number of hydrogen-bond acceptors (Lipinski definition) is 7. The van der Waals surface area contributed by atoms with Crippen molar-refractivity contribution < 1.29 is 24.0 Å². The number of primary amides is 1. The quantitative estimate of drug-likeness (QED) is 0.328. The Morgan fingerprint density at radius 3 is 2.69 bits per heavy atom. The van der Waals surface area contributed by atoms with E-state index in [0.717, 1.165) is 17.4 Å². The molecule has 1 aromatic heterocycles. The van der Waals surface area contributed by atoms with E-state index in [9.17, 15) is 24.5 Å². The van der Waals surface area contributed by atoms with Crippen LogP contribution in [0.3, 0.4) is 0 Å². The number of esters is 1. The molecule has 0 unspecified atom stereocenters. The molecule has 0 atom stereocenters. The molecule has 2 aromatic rings. The lowest BCUT2D eigenvalue weighted by atomic mass is 10.1. The summed E-state index contributed by atoms with van der Waals surface area (Å²) in [6.07, 6.45) is 2.21. The predicted octanol–water partition coefficient (Wildman–Crippen LogP) is 1.95. The highest BCUT2D eigenvalue weighted by Gasteiger charge is 2.14. The summed E-state index contributed by atoms with van der Waals surface area (Å²) in [4.78, 5) is 44.9. The second-order valence-electron chi connectivity index (χ2n) is 4.83. The van der Waals surface area contributed by atoms with Crippen LogP contribution in [0.15, 0.2) is 41.8 Å². The van der Waals surface area contributed by atoms with Gasteiger partial charge in [-0.3, -0.25) is 19.7 Å². The first-order valence-corrected chi connectivity index (χ1v) is 8.02. The molecule has 26 heavy (non-hydrogen) atoms. The van der Waals surface area contributed by atoms with E-state index in [-0.39, 0.29) is 21.8 Å². The van der Waals surface area contributed by atoms with Crippen LogP contribution in [0.4, 0.5) is 10.7 Å². The molecule has 0 bridgehead atoms. The average molecular weight is 375 g/mol. The summed E-state index contributed by atoms with van der Waals surface area (Å²) in [5.74, 6) is -2.19. The number of carbonyl (C=O) groups excluding carboxylic acids is 3. The zero-order valence-corrected chi connectivity index (χ0v) is 14.0. The predicted molar refractivity (Wildman–Crippen MR) is 94.6 cm³/mol. The van der Waals surface area contributed by atoms with Crippen LogP contribution in [0.1, 0.15) is 15.9 Å². The molecule has 0 saturated carbocycles. The number of rotatable bonds is 7. The van der Waals surface area contributed by atoms with Crippen LogP contribution in [-0.2, 0) is 14.3 Å². The Bertz CT molecular complexity index is 890. The van der Waals surface area contributed by atoms with Crippen LogP contribution < -0.4 is 11.1 Å². The van der Waals surface area contributed by atoms with Gasteiger partial charge in [-0.2, -0.15) is 0 Å². The first-order valence-electron chi connectivity index (χ1n) is 7.14. The SMILES string of the molecule is NC(=O)c1ccsc1NC(=O)COC(=O)/C=C/c1ccccc1[N+](=O)[O-]. The van der Waals surface area contributed by atoms with E-state index in [1.165, 1.54) is 30.3 Å². The Labute approximate surface area is 151 Å². The van der Waals surface area contributed by atoms with E-state index in [0.29, 0.717) is 0 Å². The summed E-state index contributed by atoms with van der Waals surface area (Å²) in [5.41, 5.74) is 5.38. The fourth-order valence-corrected chi connectivity index (χ4v) is 2.71. The maximum Gasteiger partial charge on any atom is 0.331 e. The average Bonchev–Trinajstić information content (AvgIpc) is 3.06. The van der Waals surface area contributed by atoms with Crippen LogP contribution in [0.2, 0.25) is 0 Å². The van der Waals surface area contributed by atoms with Gasteiger partial charge < -0.3 is 15.8 Å². The van der Waals surface area contributed by atoms with Crippen molar-refractivity contribution in [1.82, 2.24) is 0 Å². The van der Waals surface area contributed by atoms with E-state index in [1.54, 1.807) is 11.4 Å². The first kappa shape index (κ1) is 18.8. The molecule has 1 heterocycles. The van der Waals surface area contributed by atoms with Gasteiger partial charge in [-0.25, -0.2) is 4.79 Å². The summed E-state index contributed by atoms with van der Waals surface area (Å²) in [6.45, 7) is -0.587. The Morgan fingerprint density at radius 1 is 1.27 bits per heavy atom. The highest BCUT2D eigenvalue weighted by molar-refractivity contribution is 7.14. The molecular weight excluding hydrogens is 362 g/mol. The number of para-hydroxylation sites is 1. The summed E-state index contributed by atoms with van der Waals surface area (Å²) < 4.78 is 4.76. The maximum absolute atomic E-state index is 11.8. The highest BCUT2D eigenvalue weighted by atomic mass is 32.1. The zero-order valence-electron chi connectivity index (χ0n) is 13.2. The van der Waals surface area contributed by atoms with E-state index < -0.39 is 29.3 Å². The summed E-state index contributed by atoms with van der Waals surface area (Å²) in [6, 6.07) is 7.32. The molecular formula is C16H13N3O6S. The van der Waals surface area contributed by atoms with Gasteiger partial charge in [-0.15, -0.1) is 11.3 Å². The van der Waals surface area contributed by atoms with Crippen molar-refractivity contribution in [2.24, 2.45) is 5.73 Å². The first-order chi connectivity index (χ1) is 12.4. The Morgan fingerprint density at radius 2 is 2.00 bits per heavy atom. The van der Waals surface area contributed by atoms with E-state index in [2.05, 4.69) is 5.32 Å². The van der Waals surface area contributed by atoms with Gasteiger partial charge in [-0.1, -0.05) is 12.1 Å². The van der Waals surface area contributed by atoms with Crippen molar-refractivity contribution in [1.29, 1.82) is 0 Å². The van der Waals surface area contributed by atoms with Gasteiger partial charge >= 0.3 is 5.97 Å². The molecule has 9 nitrogen and oxygen atoms in total. The molecule has 0 radical (unpaired) electrons. The Kier molecular flexibility index (Phi) is 6.17. The zero-order chi connectivity index (χ0) is 19.1. The van der Waals surface area contributed by atoms with Crippen molar-refractivity contribution in [3.8, 4) is 0 Å². The minimum absolute atomic E-state index is 0.158. The van der Waals surface area contributed by atoms with Crippen LogP contribution >= 0.6 is 11.3 Å². The van der Waals surface area contributed by atoms with Crippen LogP contribution in [0.5, 0.6) is 0 Å². The number of benzene rings is 1. The number of thiophene rings is 1. The Hall–Kier alpha value is -3.53. The van der Waals surface area contributed by atoms with E-state index in [1.807, 2.05) is 0 Å². The summed E-state index contributed by atoms with van der Waals surface area (Å²) in [5, 5.41) is 15.1. The molecule has 0 aliphatic heterocycles. The molecule has 0 aliphatic carbocycles. The number of carbonyl (C=O) groups is 3.